The lowest BCUT2D eigenvalue weighted by Gasteiger charge is -1.93. The smallest absolute Gasteiger partial charge is 0.341 e. The van der Waals surface area contributed by atoms with Crippen molar-refractivity contribution in [1.82, 2.24) is 0 Å². The second-order valence-electron chi connectivity index (χ2n) is 2.56. The maximum absolute atomic E-state index is 11.1. The van der Waals surface area contributed by atoms with Gasteiger partial charge in [-0.1, -0.05) is 5.92 Å². The van der Waals surface area contributed by atoms with E-state index in [9.17, 15) is 4.79 Å². The van der Waals surface area contributed by atoms with Gasteiger partial charge in [0.1, 0.15) is 17.1 Å². The molecular weight excluding hydrogens is 168 g/mol. The monoisotopic (exact) mass is 178 g/mol. The van der Waals surface area contributed by atoms with Crippen LogP contribution in [0.1, 0.15) is 21.9 Å². The molecular formula is C10H10O3. The first-order valence-electron chi connectivity index (χ1n) is 3.80. The van der Waals surface area contributed by atoms with Gasteiger partial charge in [0.25, 0.3) is 0 Å². The van der Waals surface area contributed by atoms with Gasteiger partial charge in [0.05, 0.1) is 13.5 Å². The average molecular weight is 178 g/mol. The number of furan rings is 1. The quantitative estimate of drug-likeness (QED) is 0.509. The standard InChI is InChI=1S/C10H10O3/c1-4-5-8-6-9(7(2)13-8)10(11)12-3/h1,6H,5H2,2-3H3. The molecule has 3 heteroatoms. The molecule has 0 amide bonds. The first-order chi connectivity index (χ1) is 6.19. The van der Waals surface area contributed by atoms with Crippen molar-refractivity contribution in [1.29, 1.82) is 0 Å². The molecule has 1 aromatic rings. The number of esters is 1. The topological polar surface area (TPSA) is 39.4 Å². The molecule has 0 aliphatic carbocycles. The predicted octanol–water partition coefficient (Wildman–Crippen LogP) is 1.55. The van der Waals surface area contributed by atoms with Crippen molar-refractivity contribution < 1.29 is 13.9 Å². The third-order valence-corrected chi connectivity index (χ3v) is 1.65. The summed E-state index contributed by atoms with van der Waals surface area (Å²) in [6, 6.07) is 1.61. The summed E-state index contributed by atoms with van der Waals surface area (Å²) < 4.78 is 9.79. The second kappa shape index (κ2) is 3.81. The Bertz CT molecular complexity index is 355. The normalized spacial score (nSPS) is 9.31. The van der Waals surface area contributed by atoms with Crippen molar-refractivity contribution in [3.63, 3.8) is 0 Å². The van der Waals surface area contributed by atoms with Crippen LogP contribution in [0, 0.1) is 19.3 Å². The third kappa shape index (κ3) is 1.91. The Balaban J connectivity index is 2.97. The first-order valence-corrected chi connectivity index (χ1v) is 3.80. The van der Waals surface area contributed by atoms with Crippen LogP contribution >= 0.6 is 0 Å². The van der Waals surface area contributed by atoms with Gasteiger partial charge in [0.15, 0.2) is 0 Å². The summed E-state index contributed by atoms with van der Waals surface area (Å²) in [7, 11) is 1.33. The number of ether oxygens (including phenoxy) is 1. The van der Waals surface area contributed by atoms with Crippen LogP contribution in [0.2, 0.25) is 0 Å². The molecule has 68 valence electrons. The maximum atomic E-state index is 11.1. The van der Waals surface area contributed by atoms with E-state index in [2.05, 4.69) is 10.7 Å². The van der Waals surface area contributed by atoms with Crippen molar-refractivity contribution in [2.24, 2.45) is 0 Å². The summed E-state index contributed by atoms with van der Waals surface area (Å²) in [5.74, 6) is 3.19. The number of terminal acetylenes is 1. The Hall–Kier alpha value is -1.69. The molecule has 3 nitrogen and oxygen atoms in total. The number of methoxy groups -OCH3 is 1. The molecule has 0 radical (unpaired) electrons. The van der Waals surface area contributed by atoms with Gasteiger partial charge in [0, 0.05) is 0 Å². The van der Waals surface area contributed by atoms with Crippen LogP contribution in [-0.4, -0.2) is 13.1 Å². The van der Waals surface area contributed by atoms with Crippen LogP contribution < -0.4 is 0 Å². The zero-order chi connectivity index (χ0) is 9.84. The van der Waals surface area contributed by atoms with Crippen LogP contribution in [0.3, 0.4) is 0 Å². The average Bonchev–Trinajstić information content (AvgIpc) is 2.46. The first kappa shape index (κ1) is 9.40. The van der Waals surface area contributed by atoms with Crippen LogP contribution in [0.5, 0.6) is 0 Å². The highest BCUT2D eigenvalue weighted by Gasteiger charge is 2.14. The zero-order valence-electron chi connectivity index (χ0n) is 7.59. The van der Waals surface area contributed by atoms with E-state index in [0.717, 1.165) is 0 Å². The molecule has 0 saturated carbocycles. The van der Waals surface area contributed by atoms with Gasteiger partial charge in [-0.2, -0.15) is 0 Å². The number of hydrogen-bond donors (Lipinski definition) is 0. The van der Waals surface area contributed by atoms with E-state index in [1.54, 1.807) is 13.0 Å². The van der Waals surface area contributed by atoms with E-state index in [-0.39, 0.29) is 0 Å². The van der Waals surface area contributed by atoms with Crippen LogP contribution in [0.25, 0.3) is 0 Å². The van der Waals surface area contributed by atoms with Gasteiger partial charge in [0.2, 0.25) is 0 Å². The fourth-order valence-electron chi connectivity index (χ4n) is 1.04. The summed E-state index contributed by atoms with van der Waals surface area (Å²) in [6.45, 7) is 1.70. The molecule has 0 fully saturated rings. The SMILES string of the molecule is C#CCc1cc(C(=O)OC)c(C)o1. The van der Waals surface area contributed by atoms with E-state index < -0.39 is 5.97 Å². The van der Waals surface area contributed by atoms with E-state index in [1.165, 1.54) is 7.11 Å². The summed E-state index contributed by atoms with van der Waals surface area (Å²) in [5.41, 5.74) is 0.438. The van der Waals surface area contributed by atoms with E-state index in [0.29, 0.717) is 23.5 Å². The van der Waals surface area contributed by atoms with Gasteiger partial charge in [-0.05, 0) is 13.0 Å². The van der Waals surface area contributed by atoms with Gasteiger partial charge in [-0.3, -0.25) is 0 Å². The third-order valence-electron chi connectivity index (χ3n) is 1.65. The van der Waals surface area contributed by atoms with Gasteiger partial charge in [-0.25, -0.2) is 4.79 Å². The molecule has 0 atom stereocenters. The minimum atomic E-state index is -0.399. The molecule has 0 aliphatic rings. The second-order valence-corrected chi connectivity index (χ2v) is 2.56. The van der Waals surface area contributed by atoms with Gasteiger partial charge in [-0.15, -0.1) is 6.42 Å². The maximum Gasteiger partial charge on any atom is 0.341 e. The van der Waals surface area contributed by atoms with E-state index in [4.69, 9.17) is 10.8 Å². The Morgan fingerprint density at radius 3 is 3.00 bits per heavy atom. The number of carbonyl (C=O) groups excluding carboxylic acids is 1. The molecule has 1 rings (SSSR count). The number of rotatable bonds is 2. The van der Waals surface area contributed by atoms with Crippen molar-refractivity contribution in [2.45, 2.75) is 13.3 Å². The molecule has 0 N–H and O–H groups in total. The van der Waals surface area contributed by atoms with Crippen LogP contribution in [0.4, 0.5) is 0 Å². The molecule has 0 spiro atoms. The lowest BCUT2D eigenvalue weighted by atomic mass is 10.2. The van der Waals surface area contributed by atoms with Gasteiger partial charge >= 0.3 is 5.97 Å². The van der Waals surface area contributed by atoms with Crippen molar-refractivity contribution in [2.75, 3.05) is 7.11 Å². The summed E-state index contributed by atoms with van der Waals surface area (Å²) in [5, 5.41) is 0. The Morgan fingerprint density at radius 1 is 1.77 bits per heavy atom. The molecule has 13 heavy (non-hydrogen) atoms. The predicted molar refractivity (Wildman–Crippen MR) is 47.3 cm³/mol. The van der Waals surface area contributed by atoms with E-state index >= 15 is 0 Å². The van der Waals surface area contributed by atoms with Gasteiger partial charge < -0.3 is 9.15 Å². The Labute approximate surface area is 76.7 Å². The Morgan fingerprint density at radius 2 is 2.46 bits per heavy atom. The highest BCUT2D eigenvalue weighted by atomic mass is 16.5. The molecule has 0 aromatic carbocycles. The molecule has 1 aromatic heterocycles. The minimum absolute atomic E-state index is 0.387. The molecule has 0 unspecified atom stereocenters. The largest absolute Gasteiger partial charge is 0.465 e. The Kier molecular flexibility index (Phi) is 2.76. The molecule has 1 heterocycles. The fraction of sp³-hybridized carbons (Fsp3) is 0.300. The van der Waals surface area contributed by atoms with Crippen molar-refractivity contribution in [3.05, 3.63) is 23.2 Å². The molecule has 0 saturated heterocycles. The number of aryl methyl sites for hydroxylation is 1. The molecule has 0 bridgehead atoms. The van der Waals surface area contributed by atoms with Crippen molar-refractivity contribution >= 4 is 5.97 Å². The highest BCUT2D eigenvalue weighted by Crippen LogP contribution is 2.15. The number of carbonyl (C=O) groups is 1. The van der Waals surface area contributed by atoms with Crippen LogP contribution in [0.15, 0.2) is 10.5 Å². The van der Waals surface area contributed by atoms with E-state index in [1.807, 2.05) is 0 Å². The highest BCUT2D eigenvalue weighted by molar-refractivity contribution is 5.90. The summed E-state index contributed by atoms with van der Waals surface area (Å²) in [4.78, 5) is 11.1. The minimum Gasteiger partial charge on any atom is -0.465 e. The lowest BCUT2D eigenvalue weighted by Crippen LogP contribution is -2.00. The summed E-state index contributed by atoms with van der Waals surface area (Å²) in [6.07, 6.45) is 5.49. The summed E-state index contributed by atoms with van der Waals surface area (Å²) >= 11 is 0. The van der Waals surface area contributed by atoms with Crippen LogP contribution in [-0.2, 0) is 11.2 Å². The molecule has 0 aliphatic heterocycles. The zero-order valence-corrected chi connectivity index (χ0v) is 7.59. The fourth-order valence-corrected chi connectivity index (χ4v) is 1.04. The number of hydrogen-bond acceptors (Lipinski definition) is 3. The lowest BCUT2D eigenvalue weighted by molar-refractivity contribution is 0.0599. The van der Waals surface area contributed by atoms with Crippen molar-refractivity contribution in [3.8, 4) is 12.3 Å².